The molecule has 0 aromatic rings. The average Bonchev–Trinajstić information content (AvgIpc) is 2.71. The number of Topliss-reactive ketones (excluding diaryl/α,β-unsaturated/α-hetero) is 1. The van der Waals surface area contributed by atoms with Gasteiger partial charge < -0.3 is 4.74 Å². The highest BCUT2D eigenvalue weighted by molar-refractivity contribution is 6.05. The summed E-state index contributed by atoms with van der Waals surface area (Å²) in [5.74, 6) is 5.59. The highest BCUT2D eigenvalue weighted by Crippen LogP contribution is 2.38. The molecule has 1 fully saturated rings. The fourth-order valence-electron chi connectivity index (χ4n) is 2.17. The Balaban J connectivity index is 2.68. The third kappa shape index (κ3) is 3.09. The SMILES string of the molecule is CCCCC#CCC1(C(=O)OC)CCCC1=O. The van der Waals surface area contributed by atoms with Crippen LogP contribution in [0.4, 0.5) is 0 Å². The molecule has 1 aliphatic rings. The Labute approximate surface area is 103 Å². The second kappa shape index (κ2) is 6.44. The van der Waals surface area contributed by atoms with Crippen LogP contribution in [0.3, 0.4) is 0 Å². The molecule has 0 N–H and O–H groups in total. The second-order valence-corrected chi connectivity index (χ2v) is 4.48. The van der Waals surface area contributed by atoms with E-state index >= 15 is 0 Å². The van der Waals surface area contributed by atoms with E-state index in [4.69, 9.17) is 4.74 Å². The lowest BCUT2D eigenvalue weighted by molar-refractivity contribution is -0.156. The van der Waals surface area contributed by atoms with E-state index in [0.717, 1.165) is 25.7 Å². The molecule has 1 aliphatic carbocycles. The molecule has 0 heterocycles. The van der Waals surface area contributed by atoms with Crippen molar-refractivity contribution in [3.05, 3.63) is 0 Å². The van der Waals surface area contributed by atoms with Crippen molar-refractivity contribution < 1.29 is 14.3 Å². The average molecular weight is 236 g/mol. The minimum absolute atomic E-state index is 0.00542. The third-order valence-corrected chi connectivity index (χ3v) is 3.29. The summed E-state index contributed by atoms with van der Waals surface area (Å²) in [6, 6.07) is 0. The number of carbonyl (C=O) groups excluding carboxylic acids is 2. The van der Waals surface area contributed by atoms with E-state index in [0.29, 0.717) is 19.3 Å². The van der Waals surface area contributed by atoms with Crippen LogP contribution in [-0.4, -0.2) is 18.9 Å². The molecule has 1 saturated carbocycles. The number of rotatable bonds is 4. The van der Waals surface area contributed by atoms with E-state index in [1.165, 1.54) is 7.11 Å². The van der Waals surface area contributed by atoms with Gasteiger partial charge in [-0.05, 0) is 19.3 Å². The minimum Gasteiger partial charge on any atom is -0.468 e. The molecule has 0 bridgehead atoms. The van der Waals surface area contributed by atoms with Gasteiger partial charge in [0.25, 0.3) is 0 Å². The van der Waals surface area contributed by atoms with Gasteiger partial charge in [-0.15, -0.1) is 11.8 Å². The fourth-order valence-corrected chi connectivity index (χ4v) is 2.17. The Kier molecular flexibility index (Phi) is 5.21. The minimum atomic E-state index is -0.964. The summed E-state index contributed by atoms with van der Waals surface area (Å²) < 4.78 is 4.76. The van der Waals surface area contributed by atoms with E-state index in [1.807, 2.05) is 0 Å². The molecule has 17 heavy (non-hydrogen) atoms. The summed E-state index contributed by atoms with van der Waals surface area (Å²) >= 11 is 0. The van der Waals surface area contributed by atoms with Crippen LogP contribution in [0.5, 0.6) is 0 Å². The zero-order valence-electron chi connectivity index (χ0n) is 10.7. The maximum atomic E-state index is 11.8. The van der Waals surface area contributed by atoms with Crippen molar-refractivity contribution in [3.63, 3.8) is 0 Å². The fraction of sp³-hybridized carbons (Fsp3) is 0.714. The highest BCUT2D eigenvalue weighted by atomic mass is 16.5. The molecule has 0 saturated heterocycles. The van der Waals surface area contributed by atoms with E-state index in [-0.39, 0.29) is 5.78 Å². The highest BCUT2D eigenvalue weighted by Gasteiger charge is 2.48. The summed E-state index contributed by atoms with van der Waals surface area (Å²) in [6.45, 7) is 2.11. The zero-order chi connectivity index (χ0) is 12.7. The van der Waals surface area contributed by atoms with Gasteiger partial charge in [0, 0.05) is 19.3 Å². The number of unbranched alkanes of at least 4 members (excludes halogenated alkanes) is 2. The molecule has 0 aliphatic heterocycles. The number of ether oxygens (including phenoxy) is 1. The molecule has 3 nitrogen and oxygen atoms in total. The normalized spacial score (nSPS) is 23.1. The molecule has 0 aromatic heterocycles. The predicted octanol–water partition coefficient (Wildman–Crippen LogP) is 2.48. The van der Waals surface area contributed by atoms with Gasteiger partial charge in [0.05, 0.1) is 7.11 Å². The molecule has 3 heteroatoms. The first-order chi connectivity index (χ1) is 8.17. The van der Waals surface area contributed by atoms with Gasteiger partial charge in [-0.25, -0.2) is 0 Å². The van der Waals surface area contributed by atoms with Crippen LogP contribution in [0.15, 0.2) is 0 Å². The van der Waals surface area contributed by atoms with Crippen molar-refractivity contribution in [1.29, 1.82) is 0 Å². The molecule has 0 amide bonds. The molecular formula is C14H20O3. The molecule has 0 aromatic carbocycles. The number of methoxy groups -OCH3 is 1. The topological polar surface area (TPSA) is 43.4 Å². The summed E-state index contributed by atoms with van der Waals surface area (Å²) in [4.78, 5) is 23.6. The van der Waals surface area contributed by atoms with Crippen molar-refractivity contribution in [3.8, 4) is 11.8 Å². The third-order valence-electron chi connectivity index (χ3n) is 3.29. The number of hydrogen-bond donors (Lipinski definition) is 0. The number of hydrogen-bond acceptors (Lipinski definition) is 3. The van der Waals surface area contributed by atoms with Crippen molar-refractivity contribution in [1.82, 2.24) is 0 Å². The van der Waals surface area contributed by atoms with Crippen molar-refractivity contribution >= 4 is 11.8 Å². The standard InChI is InChI=1S/C14H20O3/c1-3-4-5-6-7-10-14(13(16)17-2)11-8-9-12(14)15/h3-5,8-11H2,1-2H3. The first-order valence-electron chi connectivity index (χ1n) is 6.25. The van der Waals surface area contributed by atoms with Crippen LogP contribution in [0.2, 0.25) is 0 Å². The van der Waals surface area contributed by atoms with Crippen molar-refractivity contribution in [2.75, 3.05) is 7.11 Å². The van der Waals surface area contributed by atoms with Crippen LogP contribution < -0.4 is 0 Å². The summed E-state index contributed by atoms with van der Waals surface area (Å²) in [5.41, 5.74) is -0.964. The summed E-state index contributed by atoms with van der Waals surface area (Å²) in [6.07, 6.45) is 5.16. The van der Waals surface area contributed by atoms with E-state index in [9.17, 15) is 9.59 Å². The van der Waals surface area contributed by atoms with Gasteiger partial charge in [0.1, 0.15) is 5.41 Å². The van der Waals surface area contributed by atoms with Gasteiger partial charge in [0.2, 0.25) is 0 Å². The van der Waals surface area contributed by atoms with Gasteiger partial charge in [-0.3, -0.25) is 9.59 Å². The van der Waals surface area contributed by atoms with Gasteiger partial charge >= 0.3 is 5.97 Å². The van der Waals surface area contributed by atoms with E-state index in [1.54, 1.807) is 0 Å². The quantitative estimate of drug-likeness (QED) is 0.326. The second-order valence-electron chi connectivity index (χ2n) is 4.48. The number of esters is 1. The lowest BCUT2D eigenvalue weighted by Crippen LogP contribution is -2.35. The molecule has 1 rings (SSSR count). The van der Waals surface area contributed by atoms with Crippen LogP contribution in [0.25, 0.3) is 0 Å². The smallest absolute Gasteiger partial charge is 0.320 e. The Morgan fingerprint density at radius 2 is 2.24 bits per heavy atom. The van der Waals surface area contributed by atoms with Crippen LogP contribution in [0.1, 0.15) is 51.9 Å². The lowest BCUT2D eigenvalue weighted by Gasteiger charge is -2.21. The maximum absolute atomic E-state index is 11.8. The Morgan fingerprint density at radius 3 is 2.76 bits per heavy atom. The maximum Gasteiger partial charge on any atom is 0.320 e. The molecule has 1 unspecified atom stereocenters. The first-order valence-corrected chi connectivity index (χ1v) is 6.25. The molecular weight excluding hydrogens is 216 g/mol. The van der Waals surface area contributed by atoms with Gasteiger partial charge in [-0.1, -0.05) is 13.3 Å². The van der Waals surface area contributed by atoms with Crippen LogP contribution in [-0.2, 0) is 14.3 Å². The van der Waals surface area contributed by atoms with E-state index < -0.39 is 11.4 Å². The summed E-state index contributed by atoms with van der Waals surface area (Å²) in [5, 5.41) is 0. The lowest BCUT2D eigenvalue weighted by atomic mass is 9.82. The summed E-state index contributed by atoms with van der Waals surface area (Å²) in [7, 11) is 1.33. The molecule has 1 atom stereocenters. The van der Waals surface area contributed by atoms with Crippen LogP contribution in [0, 0.1) is 17.3 Å². The molecule has 0 radical (unpaired) electrons. The zero-order valence-corrected chi connectivity index (χ0v) is 10.7. The van der Waals surface area contributed by atoms with Crippen molar-refractivity contribution in [2.45, 2.75) is 51.9 Å². The first kappa shape index (κ1) is 13.8. The van der Waals surface area contributed by atoms with Crippen LogP contribution >= 0.6 is 0 Å². The number of carbonyl (C=O) groups is 2. The number of ketones is 1. The van der Waals surface area contributed by atoms with E-state index in [2.05, 4.69) is 18.8 Å². The van der Waals surface area contributed by atoms with Gasteiger partial charge in [0.15, 0.2) is 5.78 Å². The Bertz CT molecular complexity index is 348. The largest absolute Gasteiger partial charge is 0.468 e. The predicted molar refractivity (Wildman–Crippen MR) is 65.2 cm³/mol. The Hall–Kier alpha value is -1.30. The molecule has 94 valence electrons. The van der Waals surface area contributed by atoms with Crippen molar-refractivity contribution in [2.24, 2.45) is 5.41 Å². The monoisotopic (exact) mass is 236 g/mol. The van der Waals surface area contributed by atoms with Gasteiger partial charge in [-0.2, -0.15) is 0 Å². The molecule has 0 spiro atoms. The Morgan fingerprint density at radius 1 is 1.47 bits per heavy atom.